The van der Waals surface area contributed by atoms with Crippen LogP contribution >= 0.6 is 0 Å². The van der Waals surface area contributed by atoms with E-state index in [0.29, 0.717) is 30.1 Å². The minimum absolute atomic E-state index is 0.0430. The number of carbonyl (C=O) groups excluding carboxylic acids is 1. The van der Waals surface area contributed by atoms with Crippen molar-refractivity contribution in [3.05, 3.63) is 64.7 Å². The second-order valence-corrected chi connectivity index (χ2v) is 17.4. The molecule has 3 aliphatic carbocycles. The largest absolute Gasteiger partial charge is 0.465 e. The number of unbranched alkanes of at least 4 members (excludes halogenated alkanes) is 5. The van der Waals surface area contributed by atoms with Gasteiger partial charge in [-0.15, -0.1) is 0 Å². The summed E-state index contributed by atoms with van der Waals surface area (Å²) in [6.07, 6.45) is 20.7. The normalized spacial score (nSPS) is 30.3. The third kappa shape index (κ3) is 9.39. The molecule has 6 nitrogen and oxygen atoms in total. The molecule has 6 heteroatoms. The Morgan fingerprint density at radius 1 is 0.889 bits per heavy atom. The number of aryl methyl sites for hydroxylation is 1. The predicted octanol–water partition coefficient (Wildman–Crippen LogP) is 10.7. The molecule has 0 bridgehead atoms. The fourth-order valence-electron chi connectivity index (χ4n) is 10.8. The van der Waals surface area contributed by atoms with Gasteiger partial charge in [-0.2, -0.15) is 0 Å². The van der Waals surface area contributed by atoms with E-state index < -0.39 is 0 Å². The van der Waals surface area contributed by atoms with E-state index in [4.69, 9.17) is 18.9 Å². The molecule has 2 saturated carbocycles. The van der Waals surface area contributed by atoms with Gasteiger partial charge < -0.3 is 23.8 Å². The Morgan fingerprint density at radius 2 is 1.67 bits per heavy atom. The van der Waals surface area contributed by atoms with Crippen molar-refractivity contribution < 1.29 is 23.7 Å². The molecule has 1 amide bonds. The summed E-state index contributed by atoms with van der Waals surface area (Å²) in [7, 11) is 1.94. The van der Waals surface area contributed by atoms with Crippen LogP contribution in [-0.2, 0) is 25.4 Å². The van der Waals surface area contributed by atoms with Crippen LogP contribution in [0.15, 0.2) is 42.5 Å². The number of hydrogen-bond acceptors (Lipinski definition) is 5. The summed E-state index contributed by atoms with van der Waals surface area (Å²) in [6.45, 7) is 7.23. The number of rotatable bonds is 14. The van der Waals surface area contributed by atoms with Crippen molar-refractivity contribution in [1.82, 2.24) is 4.90 Å². The van der Waals surface area contributed by atoms with Crippen LogP contribution in [0.1, 0.15) is 164 Å². The van der Waals surface area contributed by atoms with E-state index in [-0.39, 0.29) is 30.0 Å². The monoisotopic (exact) mass is 738 g/mol. The third-order valence-corrected chi connectivity index (χ3v) is 13.8. The fraction of sp³-hybridized carbons (Fsp3) is 0.688. The van der Waals surface area contributed by atoms with Crippen molar-refractivity contribution in [3.63, 3.8) is 0 Å². The van der Waals surface area contributed by atoms with Gasteiger partial charge in [-0.25, -0.2) is 0 Å². The zero-order valence-electron chi connectivity index (χ0n) is 33.6. The van der Waals surface area contributed by atoms with Crippen molar-refractivity contribution in [3.8, 4) is 17.6 Å². The van der Waals surface area contributed by atoms with Gasteiger partial charge in [0.05, 0.1) is 12.7 Å². The Labute approximate surface area is 326 Å². The van der Waals surface area contributed by atoms with Crippen molar-refractivity contribution >= 4 is 5.91 Å². The first-order valence-corrected chi connectivity index (χ1v) is 21.9. The molecule has 4 fully saturated rings. The SMILES string of the molecule is CCCCN(C)C(=O)CCCCCCC#Cc1ccc([C@H]2C[C@@]3(C)C(CC[C@@H]3OC3CCCCO3)C3CCc4cc(OC5CCCCO5)ccc4C32)cc1. The van der Waals surface area contributed by atoms with E-state index in [1.165, 1.54) is 42.4 Å². The van der Waals surface area contributed by atoms with E-state index in [9.17, 15) is 4.79 Å². The number of nitrogens with zero attached hydrogens (tertiary/aromatic N) is 1. The summed E-state index contributed by atoms with van der Waals surface area (Å²) >= 11 is 0. The molecule has 0 spiro atoms. The molecule has 2 aliphatic heterocycles. The Bertz CT molecular complexity index is 1570. The zero-order valence-corrected chi connectivity index (χ0v) is 33.6. The first-order valence-electron chi connectivity index (χ1n) is 21.9. The number of ether oxygens (including phenoxy) is 4. The van der Waals surface area contributed by atoms with Gasteiger partial charge in [0.2, 0.25) is 5.91 Å². The number of benzene rings is 2. The van der Waals surface area contributed by atoms with E-state index in [1.807, 2.05) is 11.9 Å². The Hall–Kier alpha value is -2.85. The molecular weight excluding hydrogens is 671 g/mol. The second-order valence-electron chi connectivity index (χ2n) is 17.4. The minimum Gasteiger partial charge on any atom is -0.465 e. The lowest BCUT2D eigenvalue weighted by Gasteiger charge is -2.54. The zero-order chi connectivity index (χ0) is 37.3. The summed E-state index contributed by atoms with van der Waals surface area (Å²) in [4.78, 5) is 14.2. The van der Waals surface area contributed by atoms with Crippen molar-refractivity contribution in [1.29, 1.82) is 0 Å². The van der Waals surface area contributed by atoms with Crippen LogP contribution in [0, 0.1) is 29.1 Å². The first kappa shape index (κ1) is 39.4. The quantitative estimate of drug-likeness (QED) is 0.143. The van der Waals surface area contributed by atoms with Crippen molar-refractivity contribution in [2.75, 3.05) is 26.8 Å². The van der Waals surface area contributed by atoms with Gasteiger partial charge in [0.15, 0.2) is 12.6 Å². The Morgan fingerprint density at radius 3 is 2.43 bits per heavy atom. The molecule has 2 saturated heterocycles. The summed E-state index contributed by atoms with van der Waals surface area (Å²) in [5.74, 6) is 10.3. The molecule has 7 rings (SSSR count). The van der Waals surface area contributed by atoms with Gasteiger partial charge in [-0.3, -0.25) is 4.79 Å². The lowest BCUT2D eigenvalue weighted by molar-refractivity contribution is -0.213. The molecule has 2 aromatic carbocycles. The van der Waals surface area contributed by atoms with Crippen molar-refractivity contribution in [2.24, 2.45) is 17.3 Å². The van der Waals surface area contributed by atoms with Gasteiger partial charge in [-0.1, -0.05) is 63.1 Å². The Balaban J connectivity index is 1.02. The van der Waals surface area contributed by atoms with Crippen LogP contribution in [0.5, 0.6) is 5.75 Å². The van der Waals surface area contributed by atoms with Gasteiger partial charge in [0, 0.05) is 45.0 Å². The van der Waals surface area contributed by atoms with E-state index in [2.05, 4.69) is 68.2 Å². The lowest BCUT2D eigenvalue weighted by Crippen LogP contribution is -2.48. The molecule has 8 atom stereocenters. The highest BCUT2D eigenvalue weighted by Gasteiger charge is 2.59. The van der Waals surface area contributed by atoms with Crippen LogP contribution in [0.25, 0.3) is 0 Å². The van der Waals surface area contributed by atoms with Gasteiger partial charge in [-0.05, 0) is 154 Å². The molecule has 2 aromatic rings. The molecule has 5 unspecified atom stereocenters. The highest BCUT2D eigenvalue weighted by Crippen LogP contribution is 2.65. The first-order chi connectivity index (χ1) is 26.4. The van der Waals surface area contributed by atoms with Crippen LogP contribution in [-0.4, -0.2) is 56.3 Å². The van der Waals surface area contributed by atoms with Gasteiger partial charge in [0.25, 0.3) is 0 Å². The van der Waals surface area contributed by atoms with E-state index >= 15 is 0 Å². The predicted molar refractivity (Wildman–Crippen MR) is 215 cm³/mol. The number of carbonyl (C=O) groups is 1. The minimum atomic E-state index is -0.120. The van der Waals surface area contributed by atoms with Crippen LogP contribution in [0.2, 0.25) is 0 Å². The van der Waals surface area contributed by atoms with E-state index in [1.54, 1.807) is 0 Å². The number of fused-ring (bicyclic) bond motifs is 5. The standard InChI is InChI=1S/C48H67NO5/c1-4-5-30-49(3)44(50)17-11-9-7-6-8-10-16-35-20-22-36(23-21-35)41-34-48(2)42(28-29-43(48)54-46-19-13-15-32-52-46)40-26-24-37-33-38(25-27-39(37)47(40)41)53-45-18-12-14-31-51-45/h20-23,25,27,33,40-43,45-47H,4-9,11-15,17-19,24,26,28-32,34H2,1-3H3/t40?,41-,42?,43+,45?,46?,47?,48+/m1/s1. The van der Waals surface area contributed by atoms with E-state index in [0.717, 1.165) is 121 Å². The van der Waals surface area contributed by atoms with Gasteiger partial charge >= 0.3 is 0 Å². The summed E-state index contributed by atoms with van der Waals surface area (Å²) in [5.41, 5.74) is 5.67. The second kappa shape index (κ2) is 18.9. The molecule has 54 heavy (non-hydrogen) atoms. The highest BCUT2D eigenvalue weighted by atomic mass is 16.7. The maximum atomic E-state index is 12.3. The molecule has 0 N–H and O–H groups in total. The van der Waals surface area contributed by atoms with Crippen LogP contribution < -0.4 is 4.74 Å². The smallest absolute Gasteiger partial charge is 0.222 e. The molecular formula is C48H67NO5. The van der Waals surface area contributed by atoms with Crippen LogP contribution in [0.3, 0.4) is 0 Å². The number of hydrogen-bond donors (Lipinski definition) is 0. The highest BCUT2D eigenvalue weighted by molar-refractivity contribution is 5.75. The summed E-state index contributed by atoms with van der Waals surface area (Å²) < 4.78 is 25.3. The average Bonchev–Trinajstić information content (AvgIpc) is 3.53. The molecule has 5 aliphatic rings. The number of amides is 1. The maximum Gasteiger partial charge on any atom is 0.222 e. The maximum absolute atomic E-state index is 12.3. The molecule has 294 valence electrons. The topological polar surface area (TPSA) is 57.2 Å². The fourth-order valence-corrected chi connectivity index (χ4v) is 10.8. The average molecular weight is 738 g/mol. The van der Waals surface area contributed by atoms with Crippen LogP contribution in [0.4, 0.5) is 0 Å². The van der Waals surface area contributed by atoms with Gasteiger partial charge in [0.1, 0.15) is 5.75 Å². The lowest BCUT2D eigenvalue weighted by atomic mass is 9.51. The summed E-state index contributed by atoms with van der Waals surface area (Å²) in [5, 5.41) is 0. The molecule has 0 radical (unpaired) electrons. The Kier molecular flexibility index (Phi) is 13.8. The third-order valence-electron chi connectivity index (χ3n) is 13.8. The summed E-state index contributed by atoms with van der Waals surface area (Å²) in [6, 6.07) is 16.2. The molecule has 2 heterocycles. The van der Waals surface area contributed by atoms with Crippen molar-refractivity contribution in [2.45, 2.75) is 166 Å². The molecule has 0 aromatic heterocycles.